The van der Waals surface area contributed by atoms with Gasteiger partial charge < -0.3 is 14.8 Å². The van der Waals surface area contributed by atoms with Crippen molar-refractivity contribution in [2.45, 2.75) is 33.0 Å². The van der Waals surface area contributed by atoms with Crippen LogP contribution in [0, 0.1) is 6.92 Å². The van der Waals surface area contributed by atoms with Gasteiger partial charge in [0, 0.05) is 30.8 Å². The molecule has 0 amide bonds. The zero-order valence-corrected chi connectivity index (χ0v) is 13.4. The fraction of sp³-hybridized carbons (Fsp3) is 0.412. The number of hydrogen-bond acceptors (Lipinski definition) is 5. The highest BCUT2D eigenvalue weighted by Gasteiger charge is 2.20. The molecular weight excluding hydrogens is 294 g/mol. The van der Waals surface area contributed by atoms with E-state index in [0.717, 1.165) is 35.5 Å². The minimum Gasteiger partial charge on any atom is -0.496 e. The molecule has 0 saturated carbocycles. The van der Waals surface area contributed by atoms with Crippen LogP contribution in [-0.2, 0) is 26.1 Å². The maximum absolute atomic E-state index is 11.9. The van der Waals surface area contributed by atoms with Crippen LogP contribution in [0.3, 0.4) is 0 Å². The summed E-state index contributed by atoms with van der Waals surface area (Å²) in [5.41, 5.74) is 3.55. The maximum atomic E-state index is 11.9. The Hall–Kier alpha value is -2.18. The highest BCUT2D eigenvalue weighted by atomic mass is 16.5. The lowest BCUT2D eigenvalue weighted by Crippen LogP contribution is -2.35. The van der Waals surface area contributed by atoms with E-state index >= 15 is 0 Å². The zero-order valence-electron chi connectivity index (χ0n) is 13.4. The van der Waals surface area contributed by atoms with Crippen LogP contribution in [0.15, 0.2) is 23.0 Å². The number of aliphatic hydroxyl groups is 1. The molecule has 2 heterocycles. The van der Waals surface area contributed by atoms with Crippen molar-refractivity contribution < 1.29 is 9.84 Å². The van der Waals surface area contributed by atoms with Gasteiger partial charge in [-0.2, -0.15) is 0 Å². The van der Waals surface area contributed by atoms with Crippen molar-refractivity contribution in [2.75, 3.05) is 13.7 Å². The highest BCUT2D eigenvalue weighted by Crippen LogP contribution is 2.22. The third kappa shape index (κ3) is 3.28. The van der Waals surface area contributed by atoms with Gasteiger partial charge in [-0.3, -0.25) is 9.69 Å². The summed E-state index contributed by atoms with van der Waals surface area (Å²) in [6, 6.07) is 5.85. The standard InChI is InChI=1S/C17H21N3O3/c1-11-18-15-9-20(6-5-14(15)17(22)19-11)8-12-3-4-16(23-2)13(7-12)10-21/h3-4,7,21H,5-6,8-10H2,1-2H3,(H,18,19,22). The van der Waals surface area contributed by atoms with Gasteiger partial charge >= 0.3 is 0 Å². The second kappa shape index (κ2) is 6.52. The largest absolute Gasteiger partial charge is 0.496 e. The van der Waals surface area contributed by atoms with Crippen molar-refractivity contribution in [1.82, 2.24) is 14.9 Å². The van der Waals surface area contributed by atoms with E-state index in [1.807, 2.05) is 18.2 Å². The first-order valence-corrected chi connectivity index (χ1v) is 7.68. The van der Waals surface area contributed by atoms with Gasteiger partial charge in [0.2, 0.25) is 0 Å². The van der Waals surface area contributed by atoms with E-state index in [-0.39, 0.29) is 12.2 Å². The summed E-state index contributed by atoms with van der Waals surface area (Å²) in [7, 11) is 1.60. The fourth-order valence-corrected chi connectivity index (χ4v) is 3.07. The van der Waals surface area contributed by atoms with Gasteiger partial charge in [0.05, 0.1) is 19.4 Å². The van der Waals surface area contributed by atoms with Crippen LogP contribution in [0.2, 0.25) is 0 Å². The maximum Gasteiger partial charge on any atom is 0.254 e. The monoisotopic (exact) mass is 315 g/mol. The third-order valence-electron chi connectivity index (χ3n) is 4.19. The zero-order chi connectivity index (χ0) is 16.4. The quantitative estimate of drug-likeness (QED) is 0.884. The van der Waals surface area contributed by atoms with Crippen LogP contribution in [0.1, 0.15) is 28.2 Å². The Morgan fingerprint density at radius 3 is 3.00 bits per heavy atom. The summed E-state index contributed by atoms with van der Waals surface area (Å²) in [4.78, 5) is 21.4. The van der Waals surface area contributed by atoms with Gasteiger partial charge in [-0.05, 0) is 31.0 Å². The molecule has 0 atom stereocenters. The first kappa shape index (κ1) is 15.7. The number of aliphatic hydroxyl groups excluding tert-OH is 1. The molecule has 1 aromatic carbocycles. The van der Waals surface area contributed by atoms with Gasteiger partial charge in [0.15, 0.2) is 0 Å². The number of nitrogens with zero attached hydrogens (tertiary/aromatic N) is 2. The fourth-order valence-electron chi connectivity index (χ4n) is 3.07. The molecule has 0 fully saturated rings. The minimum atomic E-state index is -0.0457. The Balaban J connectivity index is 1.78. The number of ether oxygens (including phenoxy) is 1. The summed E-state index contributed by atoms with van der Waals surface area (Å²) >= 11 is 0. The van der Waals surface area contributed by atoms with E-state index in [2.05, 4.69) is 14.9 Å². The Labute approximate surface area is 134 Å². The number of methoxy groups -OCH3 is 1. The SMILES string of the molecule is COc1ccc(CN2CCc3c(nc(C)[nH]c3=O)C2)cc1CO. The predicted molar refractivity (Wildman–Crippen MR) is 86.3 cm³/mol. The van der Waals surface area contributed by atoms with E-state index in [4.69, 9.17) is 4.74 Å². The average molecular weight is 315 g/mol. The molecule has 0 aliphatic carbocycles. The topological polar surface area (TPSA) is 78.5 Å². The van der Waals surface area contributed by atoms with Crippen LogP contribution >= 0.6 is 0 Å². The van der Waals surface area contributed by atoms with E-state index in [9.17, 15) is 9.90 Å². The highest BCUT2D eigenvalue weighted by molar-refractivity contribution is 5.37. The number of aromatic amines is 1. The first-order chi connectivity index (χ1) is 11.1. The molecule has 0 saturated heterocycles. The second-order valence-corrected chi connectivity index (χ2v) is 5.84. The van der Waals surface area contributed by atoms with Crippen molar-refractivity contribution in [2.24, 2.45) is 0 Å². The van der Waals surface area contributed by atoms with Gasteiger partial charge in [0.25, 0.3) is 5.56 Å². The molecule has 0 bridgehead atoms. The number of H-pyrrole nitrogens is 1. The van der Waals surface area contributed by atoms with Crippen molar-refractivity contribution in [3.63, 3.8) is 0 Å². The van der Waals surface area contributed by atoms with Crippen LogP contribution in [0.5, 0.6) is 5.75 Å². The molecule has 3 rings (SSSR count). The molecule has 0 unspecified atom stereocenters. The van der Waals surface area contributed by atoms with E-state index < -0.39 is 0 Å². The van der Waals surface area contributed by atoms with Gasteiger partial charge in [-0.15, -0.1) is 0 Å². The molecular formula is C17H21N3O3. The van der Waals surface area contributed by atoms with Crippen LogP contribution < -0.4 is 10.3 Å². The number of aromatic nitrogens is 2. The van der Waals surface area contributed by atoms with Crippen molar-refractivity contribution >= 4 is 0 Å². The number of rotatable bonds is 4. The number of hydrogen-bond donors (Lipinski definition) is 2. The normalized spacial score (nSPS) is 14.6. The number of benzene rings is 1. The molecule has 6 nitrogen and oxygen atoms in total. The summed E-state index contributed by atoms with van der Waals surface area (Å²) in [6.45, 7) is 4.00. The second-order valence-electron chi connectivity index (χ2n) is 5.84. The van der Waals surface area contributed by atoms with Crippen LogP contribution in [-0.4, -0.2) is 33.6 Å². The lowest BCUT2D eigenvalue weighted by molar-refractivity contribution is 0.239. The molecule has 1 aromatic heterocycles. The Morgan fingerprint density at radius 2 is 2.26 bits per heavy atom. The van der Waals surface area contributed by atoms with Crippen LogP contribution in [0.25, 0.3) is 0 Å². The lowest BCUT2D eigenvalue weighted by atomic mass is 10.0. The molecule has 2 N–H and O–H groups in total. The summed E-state index contributed by atoms with van der Waals surface area (Å²) in [5.74, 6) is 1.35. The smallest absolute Gasteiger partial charge is 0.254 e. The van der Waals surface area contributed by atoms with E-state index in [1.54, 1.807) is 14.0 Å². The third-order valence-corrected chi connectivity index (χ3v) is 4.19. The summed E-state index contributed by atoms with van der Waals surface area (Å²) < 4.78 is 5.23. The van der Waals surface area contributed by atoms with E-state index in [0.29, 0.717) is 24.5 Å². The molecule has 122 valence electrons. The van der Waals surface area contributed by atoms with Crippen molar-refractivity contribution in [1.29, 1.82) is 0 Å². The predicted octanol–water partition coefficient (Wildman–Crippen LogP) is 1.14. The summed E-state index contributed by atoms with van der Waals surface area (Å²) in [5, 5.41) is 9.43. The van der Waals surface area contributed by atoms with Crippen molar-refractivity contribution in [3.8, 4) is 5.75 Å². The Bertz CT molecular complexity index is 770. The van der Waals surface area contributed by atoms with E-state index in [1.165, 1.54) is 0 Å². The number of aryl methyl sites for hydroxylation is 1. The first-order valence-electron chi connectivity index (χ1n) is 7.68. The van der Waals surface area contributed by atoms with Gasteiger partial charge in [0.1, 0.15) is 11.6 Å². The minimum absolute atomic E-state index is 0.0147. The molecule has 2 aromatic rings. The lowest BCUT2D eigenvalue weighted by Gasteiger charge is -2.27. The average Bonchev–Trinajstić information content (AvgIpc) is 2.54. The molecule has 1 aliphatic heterocycles. The number of nitrogens with one attached hydrogen (secondary N) is 1. The van der Waals surface area contributed by atoms with Gasteiger partial charge in [-0.25, -0.2) is 4.98 Å². The molecule has 6 heteroatoms. The molecule has 23 heavy (non-hydrogen) atoms. The molecule has 0 spiro atoms. The molecule has 1 aliphatic rings. The Morgan fingerprint density at radius 1 is 1.43 bits per heavy atom. The number of fused-ring (bicyclic) bond motifs is 1. The molecule has 0 radical (unpaired) electrons. The Kier molecular flexibility index (Phi) is 4.45. The van der Waals surface area contributed by atoms with Crippen molar-refractivity contribution in [3.05, 3.63) is 56.8 Å². The van der Waals surface area contributed by atoms with Gasteiger partial charge in [-0.1, -0.05) is 6.07 Å². The summed E-state index contributed by atoms with van der Waals surface area (Å²) in [6.07, 6.45) is 0.709. The van der Waals surface area contributed by atoms with Crippen LogP contribution in [0.4, 0.5) is 0 Å².